The minimum Gasteiger partial charge on any atom is -0.461 e. The Balaban J connectivity index is 2.43. The van der Waals surface area contributed by atoms with E-state index in [4.69, 9.17) is 15.2 Å². The molecule has 3 nitrogen and oxygen atoms in total. The van der Waals surface area contributed by atoms with Gasteiger partial charge in [0.25, 0.3) is 0 Å². The zero-order chi connectivity index (χ0) is 16.0. The lowest BCUT2D eigenvalue weighted by Gasteiger charge is -2.45. The molecule has 1 aromatic rings. The van der Waals surface area contributed by atoms with Crippen LogP contribution in [-0.2, 0) is 10.4 Å². The summed E-state index contributed by atoms with van der Waals surface area (Å²) in [6, 6.07) is 0. The summed E-state index contributed by atoms with van der Waals surface area (Å²) in [5.74, 6) is 1.81. The van der Waals surface area contributed by atoms with Crippen LogP contribution >= 0.6 is 0 Å². The summed E-state index contributed by atoms with van der Waals surface area (Å²) in [5, 5.41) is -0.240. The Morgan fingerprint density at radius 2 is 1.14 bits per heavy atom. The summed E-state index contributed by atoms with van der Waals surface area (Å²) in [6.45, 7) is 0. The molecule has 2 N–H and O–H groups in total. The van der Waals surface area contributed by atoms with Crippen molar-refractivity contribution in [2.45, 2.75) is 22.1 Å². The summed E-state index contributed by atoms with van der Waals surface area (Å²) >= 11 is 0. The summed E-state index contributed by atoms with van der Waals surface area (Å²) in [6.07, 6.45) is -0.213. The average molecular weight is 272 g/mol. The van der Waals surface area contributed by atoms with E-state index in [1.165, 1.54) is 22.1 Å². The highest BCUT2D eigenvalue weighted by Gasteiger charge is 2.58. The van der Waals surface area contributed by atoms with Crippen LogP contribution in [-0.4, -0.2) is 74.4 Å². The summed E-state index contributed by atoms with van der Waals surface area (Å²) < 4.78 is 11.8. The van der Waals surface area contributed by atoms with Gasteiger partial charge in [0, 0.05) is 0 Å². The second kappa shape index (κ2) is 3.98. The van der Waals surface area contributed by atoms with Gasteiger partial charge in [0.15, 0.2) is 17.7 Å². The van der Waals surface area contributed by atoms with Gasteiger partial charge in [-0.3, -0.25) is 0 Å². The van der Waals surface area contributed by atoms with Crippen molar-refractivity contribution < 1.29 is 9.47 Å². The van der Waals surface area contributed by atoms with Crippen molar-refractivity contribution in [2.75, 3.05) is 0 Å². The third-order valence-corrected chi connectivity index (χ3v) is 6.30. The van der Waals surface area contributed by atoms with Gasteiger partial charge in [-0.05, 0) is 16.4 Å². The van der Waals surface area contributed by atoms with E-state index in [0.29, 0.717) is 0 Å². The summed E-state index contributed by atoms with van der Waals surface area (Å²) in [7, 11) is 17.4. The van der Waals surface area contributed by atoms with Gasteiger partial charge < -0.3 is 15.2 Å². The van der Waals surface area contributed by atoms with E-state index in [9.17, 15) is 0 Å². The topological polar surface area (TPSA) is 44.5 Å². The summed E-state index contributed by atoms with van der Waals surface area (Å²) in [5.41, 5.74) is 11.5. The number of hydrogen-bond acceptors (Lipinski definition) is 3. The molecule has 0 unspecified atom stereocenters. The van der Waals surface area contributed by atoms with Crippen molar-refractivity contribution in [3.05, 3.63) is 11.1 Å². The molecular formula is C10H19B8NO2. The largest absolute Gasteiger partial charge is 0.461 e. The maximum atomic E-state index is 6.83. The van der Waals surface area contributed by atoms with Crippen LogP contribution in [0.4, 0.5) is 0 Å². The lowest BCUT2D eigenvalue weighted by molar-refractivity contribution is 0.129. The van der Waals surface area contributed by atoms with Gasteiger partial charge in [-0.25, -0.2) is 0 Å². The normalized spacial score (nSPS) is 23.9. The van der Waals surface area contributed by atoms with Crippen LogP contribution in [0.1, 0.15) is 11.1 Å². The molecule has 1 heterocycles. The quantitative estimate of drug-likeness (QED) is 0.477. The van der Waals surface area contributed by atoms with Crippen LogP contribution in [0.5, 0.6) is 11.5 Å². The minimum atomic E-state index is -0.335. The molecule has 0 bridgehead atoms. The number of hydrogen-bond donors (Lipinski definition) is 1. The smallest absolute Gasteiger partial charge is 0.207 e. The Hall–Kier alpha value is -0.701. The zero-order valence-corrected chi connectivity index (χ0v) is 14.5. The van der Waals surface area contributed by atoms with Crippen LogP contribution < -0.4 is 26.1 Å². The van der Waals surface area contributed by atoms with E-state index >= 15 is 0 Å². The Morgan fingerprint density at radius 3 is 1.48 bits per heavy atom. The van der Waals surface area contributed by atoms with Crippen molar-refractivity contribution in [3.63, 3.8) is 0 Å². The molecule has 0 atom stereocenters. The highest BCUT2D eigenvalue weighted by atomic mass is 16.7. The van der Waals surface area contributed by atoms with Gasteiger partial charge in [-0.1, -0.05) is 21.6 Å². The van der Waals surface area contributed by atoms with Crippen LogP contribution in [0.2, 0.25) is 0 Å². The van der Waals surface area contributed by atoms with Crippen molar-refractivity contribution in [3.8, 4) is 11.5 Å². The average Bonchev–Trinajstić information content (AvgIpc) is 2.78. The summed E-state index contributed by atoms with van der Waals surface area (Å²) in [4.78, 5) is 0. The van der Waals surface area contributed by atoms with E-state index < -0.39 is 0 Å². The highest BCUT2D eigenvalue weighted by molar-refractivity contribution is 6.58. The Labute approximate surface area is 134 Å². The fourth-order valence-corrected chi connectivity index (χ4v) is 4.45. The SMILES string of the molecule is Bc1c2c(c(B)c3c1C(B)(B)C(B)(N)C3(B)B)OC(B)O2. The molecule has 1 aliphatic heterocycles. The predicted molar refractivity (Wildman–Crippen MR) is 109 cm³/mol. The van der Waals surface area contributed by atoms with Crippen LogP contribution in [0.3, 0.4) is 0 Å². The fraction of sp³-hybridized carbons (Fsp3) is 0.400. The molecule has 0 spiro atoms. The van der Waals surface area contributed by atoms with E-state index in [1.54, 1.807) is 0 Å². The van der Waals surface area contributed by atoms with E-state index in [-0.39, 0.29) is 22.1 Å². The fourth-order valence-electron chi connectivity index (χ4n) is 4.45. The molecule has 1 aromatic carbocycles. The van der Waals surface area contributed by atoms with Crippen LogP contribution in [0, 0.1) is 0 Å². The molecule has 21 heavy (non-hydrogen) atoms. The first-order valence-electron chi connectivity index (χ1n) is 7.75. The number of benzene rings is 1. The number of rotatable bonds is 0. The van der Waals surface area contributed by atoms with E-state index in [2.05, 4.69) is 54.9 Å². The molecule has 11 heteroatoms. The molecular weight excluding hydrogens is 253 g/mol. The van der Waals surface area contributed by atoms with Crippen molar-refractivity contribution in [1.82, 2.24) is 0 Å². The van der Waals surface area contributed by atoms with Crippen LogP contribution in [0.25, 0.3) is 0 Å². The molecule has 0 aromatic heterocycles. The third kappa shape index (κ3) is 1.54. The standard InChI is InChI=1S/C10H19B8NO2/c11-3-1-2(4(12)6-5(3)20-7(13)21-6)9(16,17)10(18,19)8(1,14)15/h7H,11-19H2. The molecule has 0 saturated heterocycles. The van der Waals surface area contributed by atoms with E-state index in [1.807, 2.05) is 7.85 Å². The van der Waals surface area contributed by atoms with Crippen molar-refractivity contribution >= 4 is 73.7 Å². The van der Waals surface area contributed by atoms with Gasteiger partial charge >= 0.3 is 0 Å². The molecule has 100 valence electrons. The van der Waals surface area contributed by atoms with Crippen molar-refractivity contribution in [2.24, 2.45) is 5.73 Å². The molecule has 0 radical (unpaired) electrons. The number of fused-ring (bicyclic) bond motifs is 2. The molecule has 0 saturated carbocycles. The van der Waals surface area contributed by atoms with Gasteiger partial charge in [0.2, 0.25) is 7.85 Å². The maximum Gasteiger partial charge on any atom is 0.207 e. The molecule has 3 rings (SSSR count). The first-order chi connectivity index (χ1) is 9.44. The molecule has 2 aliphatic rings. The van der Waals surface area contributed by atoms with Gasteiger partial charge in [-0.2, -0.15) is 0 Å². The predicted octanol–water partition coefficient (Wildman–Crippen LogP) is -8.97. The van der Waals surface area contributed by atoms with Gasteiger partial charge in [0.1, 0.15) is 54.9 Å². The zero-order valence-electron chi connectivity index (χ0n) is 14.5. The first kappa shape index (κ1) is 15.2. The first-order valence-corrected chi connectivity index (χ1v) is 7.75. The highest BCUT2D eigenvalue weighted by Crippen LogP contribution is 2.49. The maximum absolute atomic E-state index is 6.83. The molecule has 0 fully saturated rings. The second-order valence-electron chi connectivity index (χ2n) is 7.91. The second-order valence-corrected chi connectivity index (χ2v) is 7.91. The van der Waals surface area contributed by atoms with Gasteiger partial charge in [0.05, 0.1) is 0 Å². The Bertz CT molecular complexity index is 606. The Kier molecular flexibility index (Phi) is 2.88. The minimum absolute atomic E-state index is 0.120. The molecule has 0 amide bonds. The van der Waals surface area contributed by atoms with Gasteiger partial charge in [-0.15, -0.1) is 0 Å². The number of nitrogens with two attached hydrogens (primary N) is 1. The number of ether oxygens (including phenoxy) is 2. The van der Waals surface area contributed by atoms with E-state index in [0.717, 1.165) is 11.5 Å². The lowest BCUT2D eigenvalue weighted by atomic mass is 9.30. The lowest BCUT2D eigenvalue weighted by Crippen LogP contribution is -2.68. The van der Waals surface area contributed by atoms with Crippen LogP contribution in [0.15, 0.2) is 0 Å². The van der Waals surface area contributed by atoms with Crippen molar-refractivity contribution in [1.29, 1.82) is 0 Å². The Morgan fingerprint density at radius 1 is 0.810 bits per heavy atom. The molecule has 1 aliphatic carbocycles. The third-order valence-electron chi connectivity index (χ3n) is 6.30. The monoisotopic (exact) mass is 273 g/mol.